The minimum atomic E-state index is -5.77. The normalized spacial score (nSPS) is 17.8. The Balaban J connectivity index is 2.06. The molecule has 0 aliphatic carbocycles. The smallest absolute Gasteiger partial charge is 0.431 e. The Labute approximate surface area is 173 Å². The summed E-state index contributed by atoms with van der Waals surface area (Å²) < 4.78 is 77.7. The fourth-order valence-corrected chi connectivity index (χ4v) is 8.64. The van der Waals surface area contributed by atoms with Crippen LogP contribution in [0, 0.1) is 0 Å². The second-order valence-electron chi connectivity index (χ2n) is 7.05. The summed E-state index contributed by atoms with van der Waals surface area (Å²) in [6, 6.07) is 9.60. The van der Waals surface area contributed by atoms with Crippen LogP contribution in [0.15, 0.2) is 41.3 Å². The average Bonchev–Trinajstić information content (AvgIpc) is 3.08. The number of carbonyl (C=O) groups excluding carboxylic acids is 1. The molecule has 6 nitrogen and oxygen atoms in total. The molecule has 1 fully saturated rings. The van der Waals surface area contributed by atoms with Crippen LogP contribution in [0.25, 0.3) is 10.8 Å². The third kappa shape index (κ3) is 4.68. The zero-order chi connectivity index (χ0) is 22.2. The molecule has 11 heteroatoms. The van der Waals surface area contributed by atoms with Gasteiger partial charge in [-0.2, -0.15) is 21.6 Å². The summed E-state index contributed by atoms with van der Waals surface area (Å²) in [5, 5.41) is 1.13. The number of carbonyl (C=O) groups is 1. The predicted octanol–water partition coefficient (Wildman–Crippen LogP) is 5.50. The molecule has 1 heterocycles. The number of hydrogen-bond acceptors (Lipinski definition) is 6. The van der Waals surface area contributed by atoms with Crippen LogP contribution in [0.5, 0.6) is 5.75 Å². The van der Waals surface area contributed by atoms with Crippen molar-refractivity contribution in [3.05, 3.63) is 36.4 Å². The van der Waals surface area contributed by atoms with E-state index in [0.29, 0.717) is 28.5 Å². The van der Waals surface area contributed by atoms with Crippen LogP contribution in [0.4, 0.5) is 18.0 Å². The van der Waals surface area contributed by atoms with Gasteiger partial charge in [0.05, 0.1) is 6.10 Å². The van der Waals surface area contributed by atoms with Gasteiger partial charge < -0.3 is 9.47 Å². The summed E-state index contributed by atoms with van der Waals surface area (Å²) in [5.41, 5.74) is -5.50. The number of alkyl halides is 3. The van der Waals surface area contributed by atoms with E-state index in [0.717, 1.165) is 0 Å². The Morgan fingerprint density at radius 2 is 1.77 bits per heavy atom. The molecule has 0 radical (unpaired) electrons. The van der Waals surface area contributed by atoms with Gasteiger partial charge in [-0.3, -0.25) is 0 Å². The number of benzene rings is 2. The lowest BCUT2D eigenvalue weighted by molar-refractivity contribution is -0.0496. The lowest BCUT2D eigenvalue weighted by Gasteiger charge is -2.35. The molecule has 0 aromatic heterocycles. The van der Waals surface area contributed by atoms with Gasteiger partial charge in [0.1, 0.15) is 5.75 Å². The van der Waals surface area contributed by atoms with Crippen LogP contribution in [-0.4, -0.2) is 37.7 Å². The van der Waals surface area contributed by atoms with E-state index in [-0.39, 0.29) is 23.4 Å². The minimum Gasteiger partial charge on any atom is -0.431 e. The summed E-state index contributed by atoms with van der Waals surface area (Å²) in [4.78, 5) is 12.2. The number of rotatable bonds is 5. The molecule has 166 valence electrons. The van der Waals surface area contributed by atoms with E-state index in [1.165, 1.54) is 12.1 Å². The molecule has 0 bridgehead atoms. The Hall–Kier alpha value is -1.98. The van der Waals surface area contributed by atoms with Crippen LogP contribution < -0.4 is 4.74 Å². The standard InChI is InChI=1S/C19H21F3O6S2/c1-13(2)26-18(23)27-15-9-8-14-6-5-7-17(16(14)12-15)29(10-3-4-11-29)28-30(24,25)19(20,21)22/h5-9,12-13H,3-4,10-11H2,1-2H3. The van der Waals surface area contributed by atoms with Gasteiger partial charge in [-0.05, 0) is 55.7 Å². The summed E-state index contributed by atoms with van der Waals surface area (Å²) in [6.07, 6.45) is -0.201. The lowest BCUT2D eigenvalue weighted by atomic mass is 10.1. The first kappa shape index (κ1) is 22.7. The molecule has 0 saturated carbocycles. The summed E-state index contributed by atoms with van der Waals surface area (Å²) in [5.74, 6) is 0.524. The highest BCUT2D eigenvalue weighted by atomic mass is 32.3. The Kier molecular flexibility index (Phi) is 6.26. The Morgan fingerprint density at radius 3 is 2.37 bits per heavy atom. The van der Waals surface area contributed by atoms with E-state index in [1.54, 1.807) is 38.1 Å². The first-order valence-electron chi connectivity index (χ1n) is 9.16. The lowest BCUT2D eigenvalue weighted by Crippen LogP contribution is -2.27. The van der Waals surface area contributed by atoms with Gasteiger partial charge in [0.2, 0.25) is 0 Å². The minimum absolute atomic E-state index is 0.131. The van der Waals surface area contributed by atoms with Gasteiger partial charge in [0.25, 0.3) is 0 Å². The third-order valence-electron chi connectivity index (χ3n) is 4.45. The van der Waals surface area contributed by atoms with Crippen molar-refractivity contribution in [3.63, 3.8) is 0 Å². The fourth-order valence-electron chi connectivity index (χ4n) is 3.23. The molecule has 1 saturated heterocycles. The Bertz CT molecular complexity index is 1040. The van der Waals surface area contributed by atoms with Crippen molar-refractivity contribution in [2.75, 3.05) is 11.5 Å². The van der Waals surface area contributed by atoms with Gasteiger partial charge in [0, 0.05) is 16.4 Å². The zero-order valence-electron chi connectivity index (χ0n) is 16.3. The summed E-state index contributed by atoms with van der Waals surface area (Å²) in [6.45, 7) is 3.32. The van der Waals surface area contributed by atoms with Crippen molar-refractivity contribution < 1.29 is 39.5 Å². The molecule has 0 atom stereocenters. The maximum absolute atomic E-state index is 13.0. The first-order chi connectivity index (χ1) is 13.9. The van der Waals surface area contributed by atoms with Gasteiger partial charge in [-0.15, -0.1) is 0 Å². The maximum atomic E-state index is 13.0. The van der Waals surface area contributed by atoms with Gasteiger partial charge in [0.15, 0.2) is 0 Å². The topological polar surface area (TPSA) is 78.9 Å². The van der Waals surface area contributed by atoms with Gasteiger partial charge in [-0.1, -0.05) is 28.5 Å². The molecule has 1 aliphatic heterocycles. The average molecular weight is 466 g/mol. The van der Waals surface area contributed by atoms with Crippen LogP contribution >= 0.6 is 10.3 Å². The van der Waals surface area contributed by atoms with Gasteiger partial charge in [-0.25, -0.2) is 8.42 Å². The highest BCUT2D eigenvalue weighted by Crippen LogP contribution is 2.65. The first-order valence-corrected chi connectivity index (χ1v) is 12.5. The van der Waals surface area contributed by atoms with E-state index >= 15 is 0 Å². The highest BCUT2D eigenvalue weighted by molar-refractivity contribution is 8.33. The monoisotopic (exact) mass is 466 g/mol. The maximum Gasteiger partial charge on any atom is 0.523 e. The number of fused-ring (bicyclic) bond motifs is 1. The number of halogens is 3. The van der Waals surface area contributed by atoms with Crippen LogP contribution in [0.3, 0.4) is 0 Å². The highest BCUT2D eigenvalue weighted by Gasteiger charge is 2.52. The van der Waals surface area contributed by atoms with Crippen molar-refractivity contribution >= 4 is 37.4 Å². The van der Waals surface area contributed by atoms with Crippen molar-refractivity contribution in [1.29, 1.82) is 0 Å². The quantitative estimate of drug-likeness (QED) is 0.329. The Morgan fingerprint density at radius 1 is 1.10 bits per heavy atom. The van der Waals surface area contributed by atoms with Crippen molar-refractivity contribution in [2.24, 2.45) is 0 Å². The summed E-state index contributed by atoms with van der Waals surface area (Å²) in [7, 11) is -8.52. The molecule has 1 aliphatic rings. The van der Waals surface area contributed by atoms with Crippen molar-refractivity contribution in [3.8, 4) is 5.75 Å². The zero-order valence-corrected chi connectivity index (χ0v) is 17.9. The molecule has 30 heavy (non-hydrogen) atoms. The van der Waals surface area contributed by atoms with E-state index in [1.807, 2.05) is 0 Å². The molecule has 0 amide bonds. The molecular weight excluding hydrogens is 445 g/mol. The molecule has 3 rings (SSSR count). The number of ether oxygens (including phenoxy) is 2. The van der Waals surface area contributed by atoms with Crippen molar-refractivity contribution in [1.82, 2.24) is 0 Å². The molecule has 2 aromatic carbocycles. The fraction of sp³-hybridized carbons (Fsp3) is 0.421. The molecule has 2 aromatic rings. The van der Waals surface area contributed by atoms with E-state index in [2.05, 4.69) is 0 Å². The molecule has 0 N–H and O–H groups in total. The molecule has 0 spiro atoms. The molecular formula is C19H21F3O6S2. The molecule has 0 unspecified atom stereocenters. The van der Waals surface area contributed by atoms with Crippen molar-refractivity contribution in [2.45, 2.75) is 43.2 Å². The van der Waals surface area contributed by atoms with E-state index in [9.17, 15) is 26.4 Å². The van der Waals surface area contributed by atoms with Crippen LogP contribution in [0.1, 0.15) is 26.7 Å². The SMILES string of the molecule is CC(C)OC(=O)Oc1ccc2cccc(S3(OS(=O)(=O)C(F)(F)F)CCCC3)c2c1. The second-order valence-corrected chi connectivity index (χ2v) is 11.8. The van der Waals surface area contributed by atoms with Crippen LogP contribution in [0.2, 0.25) is 0 Å². The van der Waals surface area contributed by atoms with Crippen LogP contribution in [-0.2, 0) is 18.5 Å². The van der Waals surface area contributed by atoms with E-state index < -0.39 is 32.1 Å². The van der Waals surface area contributed by atoms with E-state index in [4.69, 9.17) is 13.1 Å². The van der Waals surface area contributed by atoms with Gasteiger partial charge >= 0.3 is 21.8 Å². The number of hydrogen-bond donors (Lipinski definition) is 0. The largest absolute Gasteiger partial charge is 0.523 e. The third-order valence-corrected chi connectivity index (χ3v) is 9.83. The second kappa shape index (κ2) is 8.27. The predicted molar refractivity (Wildman–Crippen MR) is 107 cm³/mol. The summed E-state index contributed by atoms with van der Waals surface area (Å²) >= 11 is 0.